The Balaban J connectivity index is 2.52. The van der Waals surface area contributed by atoms with Gasteiger partial charge in [-0.25, -0.2) is 9.59 Å². The van der Waals surface area contributed by atoms with E-state index in [0.717, 1.165) is 25.8 Å². The third-order valence-electron chi connectivity index (χ3n) is 3.07. The Labute approximate surface area is 95.8 Å². The van der Waals surface area contributed by atoms with Crippen molar-refractivity contribution in [2.24, 2.45) is 0 Å². The minimum atomic E-state index is -0.972. The first kappa shape index (κ1) is 12.8. The minimum Gasteiger partial charge on any atom is -0.480 e. The molecular weight excluding hydrogens is 208 g/mol. The number of carbonyl (C=O) groups is 2. The van der Waals surface area contributed by atoms with Crippen LogP contribution in [0.2, 0.25) is 0 Å². The second-order valence-electron chi connectivity index (χ2n) is 4.29. The molecule has 1 heterocycles. The van der Waals surface area contributed by atoms with Gasteiger partial charge in [0, 0.05) is 12.6 Å². The molecular formula is C11H20N2O3. The molecule has 0 spiro atoms. The Morgan fingerprint density at radius 1 is 1.50 bits per heavy atom. The number of nitrogens with zero attached hydrogens (tertiary/aromatic N) is 1. The molecule has 5 heteroatoms. The van der Waals surface area contributed by atoms with Crippen molar-refractivity contribution in [1.82, 2.24) is 10.2 Å². The SMILES string of the molecule is CC[C@@H](NC(=O)N1CCCCC1C)C(=O)O. The van der Waals surface area contributed by atoms with Gasteiger partial charge in [-0.05, 0) is 32.6 Å². The number of carbonyl (C=O) groups excluding carboxylic acids is 1. The van der Waals surface area contributed by atoms with E-state index in [1.807, 2.05) is 6.92 Å². The van der Waals surface area contributed by atoms with Crippen LogP contribution in [0.1, 0.15) is 39.5 Å². The molecule has 1 aliphatic rings. The number of aliphatic carboxylic acids is 1. The number of amides is 2. The summed E-state index contributed by atoms with van der Waals surface area (Å²) in [5.74, 6) is -0.972. The number of carboxylic acid groups (broad SMARTS) is 1. The molecule has 1 rings (SSSR count). The van der Waals surface area contributed by atoms with Crippen molar-refractivity contribution >= 4 is 12.0 Å². The lowest BCUT2D eigenvalue weighted by atomic mass is 10.0. The van der Waals surface area contributed by atoms with Crippen LogP contribution in [0, 0.1) is 0 Å². The number of piperidine rings is 1. The van der Waals surface area contributed by atoms with Crippen molar-refractivity contribution in [2.45, 2.75) is 51.6 Å². The normalized spacial score (nSPS) is 22.6. The molecule has 0 aliphatic carbocycles. The topological polar surface area (TPSA) is 69.6 Å². The molecule has 0 aromatic heterocycles. The van der Waals surface area contributed by atoms with Crippen molar-refractivity contribution in [3.05, 3.63) is 0 Å². The number of likely N-dealkylation sites (tertiary alicyclic amines) is 1. The first-order valence-electron chi connectivity index (χ1n) is 5.86. The van der Waals surface area contributed by atoms with E-state index in [1.165, 1.54) is 0 Å². The van der Waals surface area contributed by atoms with E-state index >= 15 is 0 Å². The molecule has 0 aromatic carbocycles. The van der Waals surface area contributed by atoms with Gasteiger partial charge in [-0.3, -0.25) is 0 Å². The van der Waals surface area contributed by atoms with E-state index in [1.54, 1.807) is 11.8 Å². The van der Waals surface area contributed by atoms with Gasteiger partial charge in [0.05, 0.1) is 0 Å². The largest absolute Gasteiger partial charge is 0.480 e. The van der Waals surface area contributed by atoms with Gasteiger partial charge >= 0.3 is 12.0 Å². The van der Waals surface area contributed by atoms with Crippen molar-refractivity contribution in [3.63, 3.8) is 0 Å². The number of carboxylic acids is 1. The fourth-order valence-corrected chi connectivity index (χ4v) is 1.97. The summed E-state index contributed by atoms with van der Waals surface area (Å²) >= 11 is 0. The lowest BCUT2D eigenvalue weighted by molar-refractivity contribution is -0.139. The zero-order valence-electron chi connectivity index (χ0n) is 9.90. The van der Waals surface area contributed by atoms with Crippen LogP contribution in [0.15, 0.2) is 0 Å². The van der Waals surface area contributed by atoms with E-state index in [0.29, 0.717) is 6.42 Å². The first-order chi connectivity index (χ1) is 7.56. The monoisotopic (exact) mass is 228 g/mol. The molecule has 16 heavy (non-hydrogen) atoms. The Morgan fingerprint density at radius 3 is 2.69 bits per heavy atom. The van der Waals surface area contributed by atoms with Crippen LogP contribution < -0.4 is 5.32 Å². The zero-order chi connectivity index (χ0) is 12.1. The molecule has 2 N–H and O–H groups in total. The maximum Gasteiger partial charge on any atom is 0.326 e. The predicted molar refractivity (Wildman–Crippen MR) is 60.3 cm³/mol. The minimum absolute atomic E-state index is 0.208. The van der Waals surface area contributed by atoms with Gasteiger partial charge in [-0.15, -0.1) is 0 Å². The molecule has 1 aliphatic heterocycles. The van der Waals surface area contributed by atoms with Crippen LogP contribution in [0.3, 0.4) is 0 Å². The summed E-state index contributed by atoms with van der Waals surface area (Å²) in [5, 5.41) is 11.4. The van der Waals surface area contributed by atoms with Crippen LogP contribution >= 0.6 is 0 Å². The number of urea groups is 1. The van der Waals surface area contributed by atoms with E-state index in [9.17, 15) is 9.59 Å². The van der Waals surface area contributed by atoms with Crippen molar-refractivity contribution in [1.29, 1.82) is 0 Å². The first-order valence-corrected chi connectivity index (χ1v) is 5.86. The predicted octanol–water partition coefficient (Wildman–Crippen LogP) is 1.43. The van der Waals surface area contributed by atoms with Gasteiger partial charge in [-0.2, -0.15) is 0 Å². The average Bonchev–Trinajstić information content (AvgIpc) is 2.25. The summed E-state index contributed by atoms with van der Waals surface area (Å²) in [5.41, 5.74) is 0. The lowest BCUT2D eigenvalue weighted by Crippen LogP contribution is -2.52. The standard InChI is InChI=1S/C11H20N2O3/c1-3-9(10(14)15)12-11(16)13-7-5-4-6-8(13)2/h8-9H,3-7H2,1-2H3,(H,12,16)(H,14,15)/t8?,9-/m1/s1. The smallest absolute Gasteiger partial charge is 0.326 e. The number of hydrogen-bond acceptors (Lipinski definition) is 2. The van der Waals surface area contributed by atoms with Crippen molar-refractivity contribution in [2.75, 3.05) is 6.54 Å². The summed E-state index contributed by atoms with van der Waals surface area (Å²) in [7, 11) is 0. The lowest BCUT2D eigenvalue weighted by Gasteiger charge is -2.34. The molecule has 5 nitrogen and oxygen atoms in total. The molecule has 2 atom stereocenters. The highest BCUT2D eigenvalue weighted by atomic mass is 16.4. The quantitative estimate of drug-likeness (QED) is 0.767. The van der Waals surface area contributed by atoms with Gasteiger partial charge in [0.15, 0.2) is 0 Å². The van der Waals surface area contributed by atoms with Crippen LogP contribution in [0.25, 0.3) is 0 Å². The van der Waals surface area contributed by atoms with Crippen LogP contribution in [-0.2, 0) is 4.79 Å². The molecule has 0 saturated carbocycles. The Morgan fingerprint density at radius 2 is 2.19 bits per heavy atom. The Bertz CT molecular complexity index is 268. The fourth-order valence-electron chi connectivity index (χ4n) is 1.97. The maximum absolute atomic E-state index is 11.8. The molecule has 0 aromatic rings. The number of hydrogen-bond donors (Lipinski definition) is 2. The highest BCUT2D eigenvalue weighted by Crippen LogP contribution is 2.16. The van der Waals surface area contributed by atoms with Crippen molar-refractivity contribution in [3.8, 4) is 0 Å². The average molecular weight is 228 g/mol. The fraction of sp³-hybridized carbons (Fsp3) is 0.818. The molecule has 1 unspecified atom stereocenters. The molecule has 2 amide bonds. The van der Waals surface area contributed by atoms with Gasteiger partial charge in [0.2, 0.25) is 0 Å². The molecule has 1 saturated heterocycles. The molecule has 92 valence electrons. The summed E-state index contributed by atoms with van der Waals surface area (Å²) in [6, 6.07) is -0.817. The van der Waals surface area contributed by atoms with E-state index in [-0.39, 0.29) is 12.1 Å². The highest BCUT2D eigenvalue weighted by Gasteiger charge is 2.26. The third-order valence-corrected chi connectivity index (χ3v) is 3.07. The molecule has 1 fully saturated rings. The highest BCUT2D eigenvalue weighted by molar-refractivity contribution is 5.82. The molecule has 0 bridgehead atoms. The van der Waals surface area contributed by atoms with Crippen LogP contribution in [0.5, 0.6) is 0 Å². The van der Waals surface area contributed by atoms with E-state index in [4.69, 9.17) is 5.11 Å². The maximum atomic E-state index is 11.8. The number of nitrogens with one attached hydrogen (secondary N) is 1. The molecule has 0 radical (unpaired) electrons. The zero-order valence-corrected chi connectivity index (χ0v) is 9.90. The van der Waals surface area contributed by atoms with Gasteiger partial charge in [0.25, 0.3) is 0 Å². The third kappa shape index (κ3) is 3.12. The summed E-state index contributed by atoms with van der Waals surface area (Å²) in [6.45, 7) is 4.47. The van der Waals surface area contributed by atoms with E-state index in [2.05, 4.69) is 5.32 Å². The van der Waals surface area contributed by atoms with Crippen LogP contribution in [0.4, 0.5) is 4.79 Å². The van der Waals surface area contributed by atoms with Crippen LogP contribution in [-0.4, -0.2) is 40.6 Å². The Hall–Kier alpha value is -1.26. The number of rotatable bonds is 3. The van der Waals surface area contributed by atoms with Crippen molar-refractivity contribution < 1.29 is 14.7 Å². The summed E-state index contributed by atoms with van der Waals surface area (Å²) in [6.07, 6.45) is 3.54. The van der Waals surface area contributed by atoms with Gasteiger partial charge in [-0.1, -0.05) is 6.92 Å². The summed E-state index contributed by atoms with van der Waals surface area (Å²) < 4.78 is 0. The van der Waals surface area contributed by atoms with Gasteiger partial charge in [0.1, 0.15) is 6.04 Å². The van der Waals surface area contributed by atoms with Gasteiger partial charge < -0.3 is 15.3 Å². The second-order valence-corrected chi connectivity index (χ2v) is 4.29. The summed E-state index contributed by atoms with van der Waals surface area (Å²) in [4.78, 5) is 24.4. The van der Waals surface area contributed by atoms with E-state index < -0.39 is 12.0 Å². The second kappa shape index (κ2) is 5.72. The Kier molecular flexibility index (Phi) is 4.58.